The summed E-state index contributed by atoms with van der Waals surface area (Å²) in [4.78, 5) is 0. The first-order valence-electron chi connectivity index (χ1n) is 10.9. The molecule has 0 saturated carbocycles. The van der Waals surface area contributed by atoms with Crippen molar-refractivity contribution in [1.29, 1.82) is 0 Å². The van der Waals surface area contributed by atoms with Crippen molar-refractivity contribution in [2.24, 2.45) is 0 Å². The van der Waals surface area contributed by atoms with Gasteiger partial charge < -0.3 is 23.3 Å². The van der Waals surface area contributed by atoms with Gasteiger partial charge in [0.1, 0.15) is 48.0 Å². The van der Waals surface area contributed by atoms with E-state index in [4.69, 9.17) is 23.3 Å². The van der Waals surface area contributed by atoms with Gasteiger partial charge >= 0.3 is 11.0 Å². The van der Waals surface area contributed by atoms with Crippen LogP contribution in [-0.2, 0) is 18.0 Å². The van der Waals surface area contributed by atoms with Crippen molar-refractivity contribution in [3.8, 4) is 34.0 Å². The van der Waals surface area contributed by atoms with Crippen molar-refractivity contribution in [3.63, 3.8) is 0 Å². The highest BCUT2D eigenvalue weighted by Gasteiger charge is 2.29. The third kappa shape index (κ3) is 9.44. The van der Waals surface area contributed by atoms with E-state index in [1.54, 1.807) is 36.4 Å². The van der Waals surface area contributed by atoms with Gasteiger partial charge in [0, 0.05) is 23.3 Å². The molecule has 0 unspecified atom stereocenters. The van der Waals surface area contributed by atoms with Gasteiger partial charge in [0.15, 0.2) is 11.5 Å². The maximum absolute atomic E-state index is 12.2. The highest BCUT2D eigenvalue weighted by molar-refractivity contribution is 8.00. The van der Waals surface area contributed by atoms with Gasteiger partial charge in [0.2, 0.25) is 0 Å². The number of nitrogens with zero attached hydrogens (tertiary/aromatic N) is 2. The highest BCUT2D eigenvalue weighted by atomic mass is 32.2. The minimum Gasteiger partial charge on any atom is -0.483 e. The fourth-order valence-electron chi connectivity index (χ4n) is 3.06. The molecular weight excluding hydrogens is 574 g/mol. The number of benzene rings is 2. The Morgan fingerprint density at radius 3 is 1.36 bits per heavy atom. The van der Waals surface area contributed by atoms with Gasteiger partial charge in [0.05, 0.1) is 0 Å². The molecule has 0 aliphatic rings. The molecular formula is C24H18F6N2O5S2. The second kappa shape index (κ2) is 12.7. The Morgan fingerprint density at radius 2 is 1.00 bits per heavy atom. The van der Waals surface area contributed by atoms with Crippen LogP contribution < -0.4 is 9.47 Å². The van der Waals surface area contributed by atoms with Gasteiger partial charge in [0.25, 0.3) is 0 Å². The molecule has 2 aromatic carbocycles. The number of hydrogen-bond acceptors (Lipinski definition) is 9. The van der Waals surface area contributed by atoms with Crippen LogP contribution in [0.25, 0.3) is 22.5 Å². The third-order valence-corrected chi connectivity index (χ3v) is 5.93. The van der Waals surface area contributed by atoms with Crippen molar-refractivity contribution in [1.82, 2.24) is 10.3 Å². The van der Waals surface area contributed by atoms with E-state index in [1.165, 1.54) is 24.3 Å². The average molecular weight is 593 g/mol. The number of ether oxygens (including phenoxy) is 3. The topological polar surface area (TPSA) is 79.8 Å². The molecule has 208 valence electrons. The Balaban J connectivity index is 1.22. The summed E-state index contributed by atoms with van der Waals surface area (Å²) in [6.07, 6.45) is 0. The zero-order valence-corrected chi connectivity index (χ0v) is 21.3. The van der Waals surface area contributed by atoms with E-state index in [2.05, 4.69) is 10.3 Å². The molecule has 0 spiro atoms. The molecule has 0 radical (unpaired) electrons. The highest BCUT2D eigenvalue weighted by Crippen LogP contribution is 2.32. The van der Waals surface area contributed by atoms with E-state index in [0.29, 0.717) is 45.5 Å². The fourth-order valence-corrected chi connectivity index (χ4v) is 3.72. The zero-order valence-electron chi connectivity index (χ0n) is 19.6. The number of halogens is 6. The van der Waals surface area contributed by atoms with Crippen LogP contribution in [0.15, 0.2) is 69.7 Å². The predicted octanol–water partition coefficient (Wildman–Crippen LogP) is 7.89. The molecule has 2 heterocycles. The van der Waals surface area contributed by atoms with Gasteiger partial charge in [-0.15, -0.1) is 0 Å². The normalized spacial score (nSPS) is 12.1. The van der Waals surface area contributed by atoms with Crippen LogP contribution in [-0.4, -0.2) is 33.2 Å². The van der Waals surface area contributed by atoms with Crippen molar-refractivity contribution in [2.75, 3.05) is 11.9 Å². The van der Waals surface area contributed by atoms with Crippen molar-refractivity contribution in [3.05, 3.63) is 72.2 Å². The lowest BCUT2D eigenvalue weighted by Crippen LogP contribution is -2.05. The molecule has 0 saturated heterocycles. The summed E-state index contributed by atoms with van der Waals surface area (Å²) in [5.41, 5.74) is -6.34. The van der Waals surface area contributed by atoms with Crippen molar-refractivity contribution < 1.29 is 49.6 Å². The minimum absolute atomic E-state index is 0.0842. The third-order valence-electron chi connectivity index (χ3n) is 4.80. The average Bonchev–Trinajstić information content (AvgIpc) is 3.54. The van der Waals surface area contributed by atoms with E-state index in [-0.39, 0.29) is 36.7 Å². The summed E-state index contributed by atoms with van der Waals surface area (Å²) in [7, 11) is 0. The summed E-state index contributed by atoms with van der Waals surface area (Å²) in [6.45, 7) is 0.168. The lowest BCUT2D eigenvalue weighted by atomic mass is 10.1. The first kappa shape index (κ1) is 28.7. The van der Waals surface area contributed by atoms with Crippen molar-refractivity contribution in [2.45, 2.75) is 24.2 Å². The number of hydrogen-bond donors (Lipinski definition) is 0. The maximum Gasteiger partial charge on any atom is 0.444 e. The second-order valence-electron chi connectivity index (χ2n) is 7.60. The predicted molar refractivity (Wildman–Crippen MR) is 131 cm³/mol. The van der Waals surface area contributed by atoms with Gasteiger partial charge in [-0.2, -0.15) is 26.3 Å². The molecule has 0 aliphatic heterocycles. The van der Waals surface area contributed by atoms with Crippen LogP contribution in [0.4, 0.5) is 26.3 Å². The van der Waals surface area contributed by atoms with E-state index >= 15 is 0 Å². The van der Waals surface area contributed by atoms with E-state index < -0.39 is 22.9 Å². The SMILES string of the molecule is FC(F)(F)SCOc1ccc(-c2cc(COCc3cc(-c4ccc(OCSC(F)(F)F)cc4)no3)on2)cc1. The Labute approximate surface area is 225 Å². The molecule has 4 aromatic rings. The molecule has 0 fully saturated rings. The summed E-state index contributed by atoms with van der Waals surface area (Å²) in [6, 6.07) is 16.0. The molecule has 15 heteroatoms. The fraction of sp³-hybridized carbons (Fsp3) is 0.250. The summed E-state index contributed by atoms with van der Waals surface area (Å²) in [5.74, 6) is 0.361. The van der Waals surface area contributed by atoms with Gasteiger partial charge in [-0.1, -0.05) is 10.3 Å². The Bertz CT molecular complexity index is 1220. The van der Waals surface area contributed by atoms with Crippen molar-refractivity contribution >= 4 is 23.5 Å². The molecule has 0 N–H and O–H groups in total. The standard InChI is InChI=1S/C24H18F6N2O5S2/c25-23(26,27)38-13-34-17-5-1-15(2-6-17)21-9-19(36-31-21)11-33-12-20-10-22(32-37-20)16-3-7-18(8-4-16)35-14-39-24(28,29)30/h1-10H,11-14H2. The molecule has 0 amide bonds. The largest absolute Gasteiger partial charge is 0.483 e. The molecule has 7 nitrogen and oxygen atoms in total. The molecule has 0 bridgehead atoms. The number of rotatable bonds is 12. The monoisotopic (exact) mass is 592 g/mol. The van der Waals surface area contributed by atoms with Crippen LogP contribution >= 0.6 is 23.5 Å². The van der Waals surface area contributed by atoms with Gasteiger partial charge in [-0.05, 0) is 72.1 Å². The molecule has 0 aliphatic carbocycles. The summed E-state index contributed by atoms with van der Waals surface area (Å²) in [5, 5.41) is 7.93. The molecule has 39 heavy (non-hydrogen) atoms. The summed E-state index contributed by atoms with van der Waals surface area (Å²) >= 11 is -0.533. The summed E-state index contributed by atoms with van der Waals surface area (Å²) < 4.78 is 99.4. The Kier molecular flexibility index (Phi) is 9.35. The molecule has 4 rings (SSSR count). The number of thioether (sulfide) groups is 2. The first-order valence-corrected chi connectivity index (χ1v) is 12.9. The van der Waals surface area contributed by atoms with E-state index in [0.717, 1.165) is 0 Å². The minimum atomic E-state index is -4.36. The maximum atomic E-state index is 12.2. The molecule has 2 aromatic heterocycles. The zero-order chi connectivity index (χ0) is 27.9. The van der Waals surface area contributed by atoms with Crippen LogP contribution in [0.3, 0.4) is 0 Å². The number of aromatic nitrogens is 2. The first-order chi connectivity index (χ1) is 18.5. The quantitative estimate of drug-likeness (QED) is 0.121. The Hall–Kier alpha value is -3.30. The van der Waals surface area contributed by atoms with Gasteiger partial charge in [-0.25, -0.2) is 0 Å². The van der Waals surface area contributed by atoms with Crippen LogP contribution in [0.2, 0.25) is 0 Å². The van der Waals surface area contributed by atoms with Gasteiger partial charge in [-0.3, -0.25) is 0 Å². The van der Waals surface area contributed by atoms with E-state index in [9.17, 15) is 26.3 Å². The lowest BCUT2D eigenvalue weighted by Gasteiger charge is -2.08. The number of alkyl halides is 6. The lowest BCUT2D eigenvalue weighted by molar-refractivity contribution is -0.0345. The smallest absolute Gasteiger partial charge is 0.444 e. The van der Waals surface area contributed by atoms with Crippen LogP contribution in [0.5, 0.6) is 11.5 Å². The van der Waals surface area contributed by atoms with Crippen LogP contribution in [0, 0.1) is 0 Å². The molecule has 0 atom stereocenters. The Morgan fingerprint density at radius 1 is 0.615 bits per heavy atom. The van der Waals surface area contributed by atoms with E-state index in [1.807, 2.05) is 0 Å². The van der Waals surface area contributed by atoms with Crippen LogP contribution in [0.1, 0.15) is 11.5 Å². The second-order valence-corrected chi connectivity index (χ2v) is 9.58.